The molecule has 1 fully saturated rings. The Kier molecular flexibility index (Phi) is 4.92. The predicted octanol–water partition coefficient (Wildman–Crippen LogP) is 0.292. The zero-order valence-corrected chi connectivity index (χ0v) is 12.0. The number of para-hydroxylation sites is 1. The Bertz CT molecular complexity index is 530. The summed E-state index contributed by atoms with van der Waals surface area (Å²) in [5, 5.41) is 5.34. The Morgan fingerprint density at radius 3 is 2.52 bits per heavy atom. The minimum absolute atomic E-state index is 0.0387. The van der Waals surface area contributed by atoms with E-state index in [1.807, 2.05) is 30.3 Å². The molecule has 0 spiro atoms. The highest BCUT2D eigenvalue weighted by molar-refractivity contribution is 6.00. The highest BCUT2D eigenvalue weighted by Crippen LogP contribution is 2.24. The SMILES string of the molecule is CC(=O)NCCNC(=O)[C@H]1CC(=O)N(c2ccccc2)C1. The van der Waals surface area contributed by atoms with Gasteiger partial charge >= 0.3 is 0 Å². The van der Waals surface area contributed by atoms with Crippen LogP contribution in [-0.4, -0.2) is 37.4 Å². The van der Waals surface area contributed by atoms with Crippen LogP contribution in [0.5, 0.6) is 0 Å². The molecule has 0 saturated carbocycles. The summed E-state index contributed by atoms with van der Waals surface area (Å²) in [5.74, 6) is -0.652. The van der Waals surface area contributed by atoms with Gasteiger partial charge in [-0.1, -0.05) is 18.2 Å². The molecule has 0 bridgehead atoms. The van der Waals surface area contributed by atoms with Crippen molar-refractivity contribution in [3.05, 3.63) is 30.3 Å². The van der Waals surface area contributed by atoms with Crippen molar-refractivity contribution in [2.24, 2.45) is 5.92 Å². The minimum atomic E-state index is -0.338. The number of carbonyl (C=O) groups excluding carboxylic acids is 3. The second-order valence-corrected chi connectivity index (χ2v) is 5.01. The summed E-state index contributed by atoms with van der Waals surface area (Å²) in [6.45, 7) is 2.59. The second kappa shape index (κ2) is 6.88. The fourth-order valence-corrected chi connectivity index (χ4v) is 2.31. The lowest BCUT2D eigenvalue weighted by Crippen LogP contribution is -2.37. The number of benzene rings is 1. The highest BCUT2D eigenvalue weighted by Gasteiger charge is 2.34. The fourth-order valence-electron chi connectivity index (χ4n) is 2.31. The summed E-state index contributed by atoms with van der Waals surface area (Å²) in [6, 6.07) is 9.33. The summed E-state index contributed by atoms with van der Waals surface area (Å²) < 4.78 is 0. The van der Waals surface area contributed by atoms with Crippen LogP contribution in [0.25, 0.3) is 0 Å². The molecule has 6 nitrogen and oxygen atoms in total. The van der Waals surface area contributed by atoms with E-state index in [0.717, 1.165) is 5.69 Å². The first-order valence-corrected chi connectivity index (χ1v) is 6.95. The standard InChI is InChI=1S/C15H19N3O3/c1-11(19)16-7-8-17-15(21)12-9-14(20)18(10-12)13-5-3-2-4-6-13/h2-6,12H,7-10H2,1H3,(H,16,19)(H,17,21)/t12-/m0/s1. The van der Waals surface area contributed by atoms with E-state index < -0.39 is 0 Å². The molecular formula is C15H19N3O3. The molecule has 1 atom stereocenters. The van der Waals surface area contributed by atoms with Crippen LogP contribution >= 0.6 is 0 Å². The van der Waals surface area contributed by atoms with E-state index in [9.17, 15) is 14.4 Å². The number of rotatable bonds is 5. The second-order valence-electron chi connectivity index (χ2n) is 5.01. The molecule has 1 aliphatic heterocycles. The van der Waals surface area contributed by atoms with Gasteiger partial charge in [-0.05, 0) is 12.1 Å². The van der Waals surface area contributed by atoms with Crippen LogP contribution in [0.15, 0.2) is 30.3 Å². The van der Waals surface area contributed by atoms with Gasteiger partial charge in [-0.15, -0.1) is 0 Å². The highest BCUT2D eigenvalue weighted by atomic mass is 16.2. The Hall–Kier alpha value is -2.37. The molecule has 0 aromatic heterocycles. The third-order valence-corrected chi connectivity index (χ3v) is 3.36. The normalized spacial score (nSPS) is 17.7. The molecule has 1 saturated heterocycles. The van der Waals surface area contributed by atoms with E-state index in [1.54, 1.807) is 4.90 Å². The van der Waals surface area contributed by atoms with Crippen LogP contribution in [0.2, 0.25) is 0 Å². The van der Waals surface area contributed by atoms with E-state index in [1.165, 1.54) is 6.92 Å². The van der Waals surface area contributed by atoms with Crippen molar-refractivity contribution in [3.63, 3.8) is 0 Å². The van der Waals surface area contributed by atoms with Crippen molar-refractivity contribution in [1.82, 2.24) is 10.6 Å². The first-order chi connectivity index (χ1) is 10.1. The van der Waals surface area contributed by atoms with Crippen molar-refractivity contribution in [3.8, 4) is 0 Å². The van der Waals surface area contributed by atoms with Crippen LogP contribution in [0.1, 0.15) is 13.3 Å². The molecule has 1 aromatic rings. The number of hydrogen-bond donors (Lipinski definition) is 2. The van der Waals surface area contributed by atoms with E-state index in [4.69, 9.17) is 0 Å². The van der Waals surface area contributed by atoms with Crippen LogP contribution in [0.4, 0.5) is 5.69 Å². The quantitative estimate of drug-likeness (QED) is 0.765. The Balaban J connectivity index is 1.84. The lowest BCUT2D eigenvalue weighted by atomic mass is 10.1. The molecule has 2 rings (SSSR count). The molecule has 1 heterocycles. The van der Waals surface area contributed by atoms with Gasteiger partial charge in [0.25, 0.3) is 0 Å². The molecule has 0 radical (unpaired) electrons. The number of anilines is 1. The fraction of sp³-hybridized carbons (Fsp3) is 0.400. The monoisotopic (exact) mass is 289 g/mol. The van der Waals surface area contributed by atoms with Crippen LogP contribution < -0.4 is 15.5 Å². The number of carbonyl (C=O) groups is 3. The Labute approximate surface area is 123 Å². The Morgan fingerprint density at radius 2 is 1.86 bits per heavy atom. The van der Waals surface area contributed by atoms with E-state index in [0.29, 0.717) is 19.6 Å². The average Bonchev–Trinajstić information content (AvgIpc) is 2.86. The number of nitrogens with one attached hydrogen (secondary N) is 2. The van der Waals surface area contributed by atoms with Gasteiger partial charge in [-0.25, -0.2) is 0 Å². The van der Waals surface area contributed by atoms with Crippen LogP contribution in [-0.2, 0) is 14.4 Å². The van der Waals surface area contributed by atoms with Gasteiger partial charge in [0, 0.05) is 38.7 Å². The van der Waals surface area contributed by atoms with Crippen LogP contribution in [0, 0.1) is 5.92 Å². The van der Waals surface area contributed by atoms with Gasteiger partial charge in [-0.2, -0.15) is 0 Å². The van der Waals surface area contributed by atoms with Gasteiger partial charge in [0.15, 0.2) is 0 Å². The van der Waals surface area contributed by atoms with Crippen LogP contribution in [0.3, 0.4) is 0 Å². The molecule has 1 aromatic carbocycles. The maximum Gasteiger partial charge on any atom is 0.227 e. The van der Waals surface area contributed by atoms with Gasteiger partial charge in [0.05, 0.1) is 5.92 Å². The van der Waals surface area contributed by atoms with Gasteiger partial charge in [0.2, 0.25) is 17.7 Å². The largest absolute Gasteiger partial charge is 0.355 e. The molecule has 1 aliphatic rings. The smallest absolute Gasteiger partial charge is 0.227 e. The molecular weight excluding hydrogens is 270 g/mol. The van der Waals surface area contributed by atoms with Crippen molar-refractivity contribution in [1.29, 1.82) is 0 Å². The molecule has 2 N–H and O–H groups in total. The van der Waals surface area contributed by atoms with Crippen molar-refractivity contribution in [2.45, 2.75) is 13.3 Å². The van der Waals surface area contributed by atoms with Crippen molar-refractivity contribution < 1.29 is 14.4 Å². The topological polar surface area (TPSA) is 78.5 Å². The molecule has 0 unspecified atom stereocenters. The van der Waals surface area contributed by atoms with E-state index >= 15 is 0 Å². The first kappa shape index (κ1) is 15.0. The summed E-state index contributed by atoms with van der Waals surface area (Å²) in [6.07, 6.45) is 0.223. The summed E-state index contributed by atoms with van der Waals surface area (Å²) in [4.78, 5) is 36.4. The van der Waals surface area contributed by atoms with Gasteiger partial charge < -0.3 is 15.5 Å². The summed E-state index contributed by atoms with van der Waals surface area (Å²) >= 11 is 0. The molecule has 6 heteroatoms. The van der Waals surface area contributed by atoms with Crippen molar-refractivity contribution in [2.75, 3.05) is 24.5 Å². The lowest BCUT2D eigenvalue weighted by Gasteiger charge is -2.16. The van der Waals surface area contributed by atoms with Gasteiger partial charge in [0.1, 0.15) is 0 Å². The average molecular weight is 289 g/mol. The molecule has 0 aliphatic carbocycles. The van der Waals surface area contributed by atoms with E-state index in [2.05, 4.69) is 10.6 Å². The third kappa shape index (κ3) is 4.05. The lowest BCUT2D eigenvalue weighted by molar-refractivity contribution is -0.126. The number of nitrogens with zero attached hydrogens (tertiary/aromatic N) is 1. The predicted molar refractivity (Wildman–Crippen MR) is 78.6 cm³/mol. The summed E-state index contributed by atoms with van der Waals surface area (Å²) in [7, 11) is 0. The first-order valence-electron chi connectivity index (χ1n) is 6.95. The maximum atomic E-state index is 12.0. The summed E-state index contributed by atoms with van der Waals surface area (Å²) in [5.41, 5.74) is 0.816. The van der Waals surface area contributed by atoms with Crippen molar-refractivity contribution >= 4 is 23.4 Å². The third-order valence-electron chi connectivity index (χ3n) is 3.36. The number of hydrogen-bond acceptors (Lipinski definition) is 3. The zero-order valence-electron chi connectivity index (χ0n) is 12.0. The minimum Gasteiger partial charge on any atom is -0.355 e. The zero-order chi connectivity index (χ0) is 15.2. The molecule has 112 valence electrons. The Morgan fingerprint density at radius 1 is 1.19 bits per heavy atom. The number of amides is 3. The maximum absolute atomic E-state index is 12.0. The van der Waals surface area contributed by atoms with Gasteiger partial charge in [-0.3, -0.25) is 14.4 Å². The van der Waals surface area contributed by atoms with E-state index in [-0.39, 0.29) is 30.1 Å². The molecule has 21 heavy (non-hydrogen) atoms. The molecule has 3 amide bonds.